The van der Waals surface area contributed by atoms with Crippen molar-refractivity contribution in [2.45, 2.75) is 52.3 Å². The lowest BCUT2D eigenvalue weighted by Crippen LogP contribution is -2.20. The lowest BCUT2D eigenvalue weighted by atomic mass is 10.1. The summed E-state index contributed by atoms with van der Waals surface area (Å²) in [5.41, 5.74) is 1.06. The maximum atomic E-state index is 6.14. The molecule has 1 aromatic heterocycles. The molecule has 1 atom stereocenters. The summed E-state index contributed by atoms with van der Waals surface area (Å²) in [4.78, 5) is 4.22. The standard InChI is InChI=1S/C14H21ClN2O/c1-9(2)10(3)18-14-6-11(13(15)8-17-14)7-16-12-4-5-12/h6,8-10,12,16H,4-5,7H2,1-3H3. The lowest BCUT2D eigenvalue weighted by molar-refractivity contribution is 0.163. The SMILES string of the molecule is CC(C)C(C)Oc1cc(CNC2CC2)c(Cl)cn1. The van der Waals surface area contributed by atoms with Crippen molar-refractivity contribution in [2.24, 2.45) is 5.92 Å². The number of hydrogen-bond acceptors (Lipinski definition) is 3. The first-order valence-electron chi connectivity index (χ1n) is 6.60. The van der Waals surface area contributed by atoms with Crippen molar-refractivity contribution in [1.29, 1.82) is 0 Å². The summed E-state index contributed by atoms with van der Waals surface area (Å²) in [5.74, 6) is 1.13. The fourth-order valence-electron chi connectivity index (χ4n) is 1.53. The van der Waals surface area contributed by atoms with Gasteiger partial charge in [-0.2, -0.15) is 0 Å². The van der Waals surface area contributed by atoms with Crippen LogP contribution in [-0.4, -0.2) is 17.1 Å². The fraction of sp³-hybridized carbons (Fsp3) is 0.643. The number of pyridine rings is 1. The molecule has 4 heteroatoms. The van der Waals surface area contributed by atoms with Gasteiger partial charge < -0.3 is 10.1 Å². The Morgan fingerprint density at radius 1 is 1.44 bits per heavy atom. The molecule has 3 nitrogen and oxygen atoms in total. The van der Waals surface area contributed by atoms with Crippen LogP contribution >= 0.6 is 11.6 Å². The largest absolute Gasteiger partial charge is 0.474 e. The number of ether oxygens (including phenoxy) is 1. The summed E-state index contributed by atoms with van der Waals surface area (Å²) in [5, 5.41) is 4.15. The Morgan fingerprint density at radius 2 is 2.17 bits per heavy atom. The van der Waals surface area contributed by atoms with Crippen molar-refractivity contribution in [2.75, 3.05) is 0 Å². The van der Waals surface area contributed by atoms with E-state index in [0.29, 0.717) is 22.9 Å². The third kappa shape index (κ3) is 3.85. The highest BCUT2D eigenvalue weighted by Crippen LogP contribution is 2.24. The number of aromatic nitrogens is 1. The average molecular weight is 269 g/mol. The van der Waals surface area contributed by atoms with Crippen molar-refractivity contribution in [3.05, 3.63) is 22.8 Å². The Hall–Kier alpha value is -0.800. The fourth-order valence-corrected chi connectivity index (χ4v) is 1.70. The van der Waals surface area contributed by atoms with Crippen LogP contribution in [0.1, 0.15) is 39.2 Å². The lowest BCUT2D eigenvalue weighted by Gasteiger charge is -2.18. The molecule has 1 fully saturated rings. The van der Waals surface area contributed by atoms with E-state index in [0.717, 1.165) is 12.1 Å². The van der Waals surface area contributed by atoms with Crippen molar-refractivity contribution in [1.82, 2.24) is 10.3 Å². The molecule has 1 aliphatic rings. The molecule has 1 aromatic rings. The molecule has 0 bridgehead atoms. The van der Waals surface area contributed by atoms with Gasteiger partial charge in [0.2, 0.25) is 5.88 Å². The Bertz CT molecular complexity index is 405. The van der Waals surface area contributed by atoms with Gasteiger partial charge in [0.1, 0.15) is 0 Å². The second kappa shape index (κ2) is 5.89. The topological polar surface area (TPSA) is 34.1 Å². The number of rotatable bonds is 6. The van der Waals surface area contributed by atoms with Gasteiger partial charge in [0.15, 0.2) is 0 Å². The molecule has 1 saturated carbocycles. The third-order valence-electron chi connectivity index (χ3n) is 3.31. The van der Waals surface area contributed by atoms with E-state index >= 15 is 0 Å². The first-order valence-corrected chi connectivity index (χ1v) is 6.98. The number of halogens is 1. The first kappa shape index (κ1) is 13.6. The number of nitrogens with one attached hydrogen (secondary N) is 1. The van der Waals surface area contributed by atoms with Crippen LogP contribution in [-0.2, 0) is 6.54 Å². The highest BCUT2D eigenvalue weighted by Gasteiger charge is 2.20. The van der Waals surface area contributed by atoms with Crippen LogP contribution in [0.15, 0.2) is 12.3 Å². The Kier molecular flexibility index (Phi) is 4.46. The van der Waals surface area contributed by atoms with Crippen LogP contribution in [0.4, 0.5) is 0 Å². The van der Waals surface area contributed by atoms with E-state index in [2.05, 4.69) is 31.1 Å². The maximum Gasteiger partial charge on any atom is 0.213 e. The zero-order chi connectivity index (χ0) is 13.1. The van der Waals surface area contributed by atoms with E-state index in [1.54, 1.807) is 6.20 Å². The minimum atomic E-state index is 0.155. The number of hydrogen-bond donors (Lipinski definition) is 1. The molecule has 0 amide bonds. The second-order valence-corrected chi connectivity index (χ2v) is 5.74. The van der Waals surface area contributed by atoms with Gasteiger partial charge in [-0.05, 0) is 31.2 Å². The molecule has 18 heavy (non-hydrogen) atoms. The van der Waals surface area contributed by atoms with Gasteiger partial charge in [-0.3, -0.25) is 0 Å². The van der Waals surface area contributed by atoms with Crippen LogP contribution in [0.3, 0.4) is 0 Å². The van der Waals surface area contributed by atoms with Crippen LogP contribution in [0.2, 0.25) is 5.02 Å². The van der Waals surface area contributed by atoms with Crippen LogP contribution < -0.4 is 10.1 Å². The van der Waals surface area contributed by atoms with E-state index in [1.165, 1.54) is 12.8 Å². The van der Waals surface area contributed by atoms with Crippen molar-refractivity contribution < 1.29 is 4.74 Å². The zero-order valence-corrected chi connectivity index (χ0v) is 12.0. The van der Waals surface area contributed by atoms with Gasteiger partial charge in [0, 0.05) is 24.8 Å². The van der Waals surface area contributed by atoms with E-state index in [-0.39, 0.29) is 6.10 Å². The molecule has 0 radical (unpaired) electrons. The Labute approximate surface area is 114 Å². The third-order valence-corrected chi connectivity index (χ3v) is 3.65. The Balaban J connectivity index is 1.99. The van der Waals surface area contributed by atoms with Gasteiger partial charge in [-0.25, -0.2) is 4.98 Å². The highest BCUT2D eigenvalue weighted by atomic mass is 35.5. The average Bonchev–Trinajstić information content (AvgIpc) is 3.13. The molecular formula is C14H21ClN2O. The molecule has 1 unspecified atom stereocenters. The molecule has 0 aliphatic heterocycles. The van der Waals surface area contributed by atoms with Gasteiger partial charge >= 0.3 is 0 Å². The highest BCUT2D eigenvalue weighted by molar-refractivity contribution is 6.31. The monoisotopic (exact) mass is 268 g/mol. The van der Waals surface area contributed by atoms with Gasteiger partial charge in [0.25, 0.3) is 0 Å². The van der Waals surface area contributed by atoms with Gasteiger partial charge in [-0.15, -0.1) is 0 Å². The van der Waals surface area contributed by atoms with E-state index in [4.69, 9.17) is 16.3 Å². The molecule has 1 aliphatic carbocycles. The van der Waals surface area contributed by atoms with Crippen molar-refractivity contribution >= 4 is 11.6 Å². The van der Waals surface area contributed by atoms with Crippen molar-refractivity contribution in [3.8, 4) is 5.88 Å². The second-order valence-electron chi connectivity index (χ2n) is 5.34. The molecule has 1 heterocycles. The smallest absolute Gasteiger partial charge is 0.213 e. The van der Waals surface area contributed by atoms with Crippen molar-refractivity contribution in [3.63, 3.8) is 0 Å². The summed E-state index contributed by atoms with van der Waals surface area (Å²) >= 11 is 6.14. The van der Waals surface area contributed by atoms with Gasteiger partial charge in [0.05, 0.1) is 11.1 Å². The van der Waals surface area contributed by atoms with Crippen LogP contribution in [0.5, 0.6) is 5.88 Å². The minimum absolute atomic E-state index is 0.155. The first-order chi connectivity index (χ1) is 8.56. The zero-order valence-electron chi connectivity index (χ0n) is 11.2. The molecule has 1 N–H and O–H groups in total. The van der Waals surface area contributed by atoms with Gasteiger partial charge in [-0.1, -0.05) is 25.4 Å². The van der Waals surface area contributed by atoms with Crippen LogP contribution in [0, 0.1) is 5.92 Å². The predicted molar refractivity (Wildman–Crippen MR) is 74.0 cm³/mol. The molecular weight excluding hydrogens is 248 g/mol. The van der Waals surface area contributed by atoms with E-state index < -0.39 is 0 Å². The summed E-state index contributed by atoms with van der Waals surface area (Å²) in [6.45, 7) is 7.12. The van der Waals surface area contributed by atoms with Crippen LogP contribution in [0.25, 0.3) is 0 Å². The summed E-state index contributed by atoms with van der Waals surface area (Å²) in [7, 11) is 0. The van der Waals surface area contributed by atoms with E-state index in [9.17, 15) is 0 Å². The Morgan fingerprint density at radius 3 is 2.78 bits per heavy atom. The predicted octanol–water partition coefficient (Wildman–Crippen LogP) is 3.41. The van der Waals surface area contributed by atoms with E-state index in [1.807, 2.05) is 6.07 Å². The maximum absolute atomic E-state index is 6.14. The minimum Gasteiger partial charge on any atom is -0.474 e. The molecule has 0 saturated heterocycles. The number of nitrogens with zero attached hydrogens (tertiary/aromatic N) is 1. The molecule has 0 spiro atoms. The molecule has 2 rings (SSSR count). The summed E-state index contributed by atoms with van der Waals surface area (Å²) in [6, 6.07) is 2.62. The quantitative estimate of drug-likeness (QED) is 0.859. The summed E-state index contributed by atoms with van der Waals surface area (Å²) in [6.07, 6.45) is 4.38. The molecule has 0 aromatic carbocycles. The normalized spacial score (nSPS) is 16.9. The molecule has 100 valence electrons. The summed E-state index contributed by atoms with van der Waals surface area (Å²) < 4.78 is 5.80.